The van der Waals surface area contributed by atoms with Crippen molar-refractivity contribution in [3.63, 3.8) is 0 Å². The van der Waals surface area contributed by atoms with E-state index >= 15 is 0 Å². The van der Waals surface area contributed by atoms with Gasteiger partial charge in [-0.1, -0.05) is 6.07 Å². The zero-order valence-corrected chi connectivity index (χ0v) is 11.8. The molecule has 0 saturated heterocycles. The second kappa shape index (κ2) is 5.41. The SMILES string of the molecule is Cn1cccc1CN=C(N)Nc1ccc2c(c1)CCC2. The summed E-state index contributed by atoms with van der Waals surface area (Å²) in [5.74, 6) is 0.462. The van der Waals surface area contributed by atoms with Gasteiger partial charge in [0.05, 0.1) is 6.54 Å². The quantitative estimate of drug-likeness (QED) is 0.663. The van der Waals surface area contributed by atoms with Gasteiger partial charge in [-0.15, -0.1) is 0 Å². The van der Waals surface area contributed by atoms with Crippen molar-refractivity contribution >= 4 is 11.6 Å². The number of hydrogen-bond donors (Lipinski definition) is 2. The molecular formula is C16H20N4. The first-order valence-electron chi connectivity index (χ1n) is 7.01. The maximum absolute atomic E-state index is 5.95. The number of aryl methyl sites for hydroxylation is 3. The van der Waals surface area contributed by atoms with Gasteiger partial charge in [-0.05, 0) is 54.7 Å². The third-order valence-electron chi connectivity index (χ3n) is 3.83. The molecule has 1 aliphatic carbocycles. The Morgan fingerprint density at radius 3 is 2.95 bits per heavy atom. The van der Waals surface area contributed by atoms with Crippen molar-refractivity contribution in [2.45, 2.75) is 25.8 Å². The van der Waals surface area contributed by atoms with Crippen LogP contribution in [0.3, 0.4) is 0 Å². The number of aromatic nitrogens is 1. The van der Waals surface area contributed by atoms with Crippen LogP contribution in [0, 0.1) is 0 Å². The molecule has 20 heavy (non-hydrogen) atoms. The molecule has 1 heterocycles. The molecule has 1 aliphatic rings. The Morgan fingerprint density at radius 2 is 2.15 bits per heavy atom. The first kappa shape index (κ1) is 12.8. The first-order valence-corrected chi connectivity index (χ1v) is 7.01. The van der Waals surface area contributed by atoms with Crippen LogP contribution in [0.4, 0.5) is 5.69 Å². The van der Waals surface area contributed by atoms with Crippen LogP contribution in [-0.2, 0) is 26.4 Å². The highest BCUT2D eigenvalue weighted by molar-refractivity contribution is 5.92. The lowest BCUT2D eigenvalue weighted by Crippen LogP contribution is -2.22. The summed E-state index contributed by atoms with van der Waals surface area (Å²) in [5, 5.41) is 3.17. The Hall–Kier alpha value is -2.23. The van der Waals surface area contributed by atoms with Gasteiger partial charge in [0.2, 0.25) is 0 Å². The lowest BCUT2D eigenvalue weighted by atomic mass is 10.1. The maximum Gasteiger partial charge on any atom is 0.193 e. The fraction of sp³-hybridized carbons (Fsp3) is 0.312. The van der Waals surface area contributed by atoms with Gasteiger partial charge in [0.1, 0.15) is 0 Å². The van der Waals surface area contributed by atoms with Crippen LogP contribution < -0.4 is 11.1 Å². The van der Waals surface area contributed by atoms with Crippen molar-refractivity contribution in [3.8, 4) is 0 Å². The fourth-order valence-electron chi connectivity index (χ4n) is 2.66. The zero-order valence-electron chi connectivity index (χ0n) is 11.8. The molecule has 0 unspecified atom stereocenters. The van der Waals surface area contributed by atoms with E-state index in [1.807, 2.05) is 29.9 Å². The van der Waals surface area contributed by atoms with E-state index in [0.717, 1.165) is 11.4 Å². The van der Waals surface area contributed by atoms with Crippen LogP contribution in [-0.4, -0.2) is 10.5 Å². The second-order valence-electron chi connectivity index (χ2n) is 5.27. The van der Waals surface area contributed by atoms with Crippen LogP contribution in [0.25, 0.3) is 0 Å². The van der Waals surface area contributed by atoms with Gasteiger partial charge in [0, 0.05) is 24.6 Å². The van der Waals surface area contributed by atoms with Crippen molar-refractivity contribution in [1.82, 2.24) is 4.57 Å². The minimum Gasteiger partial charge on any atom is -0.370 e. The lowest BCUT2D eigenvalue weighted by Gasteiger charge is -2.08. The van der Waals surface area contributed by atoms with Gasteiger partial charge in [-0.3, -0.25) is 0 Å². The highest BCUT2D eigenvalue weighted by Gasteiger charge is 2.10. The van der Waals surface area contributed by atoms with Crippen molar-refractivity contribution in [1.29, 1.82) is 0 Å². The molecular weight excluding hydrogens is 248 g/mol. The van der Waals surface area contributed by atoms with E-state index in [9.17, 15) is 0 Å². The lowest BCUT2D eigenvalue weighted by molar-refractivity contribution is 0.824. The summed E-state index contributed by atoms with van der Waals surface area (Å²) in [6.45, 7) is 0.591. The summed E-state index contributed by atoms with van der Waals surface area (Å²) >= 11 is 0. The maximum atomic E-state index is 5.95. The van der Waals surface area contributed by atoms with Gasteiger partial charge in [0.15, 0.2) is 5.96 Å². The predicted molar refractivity (Wildman–Crippen MR) is 82.8 cm³/mol. The summed E-state index contributed by atoms with van der Waals surface area (Å²) in [5.41, 5.74) is 11.0. The number of nitrogens with two attached hydrogens (primary N) is 1. The fourth-order valence-corrected chi connectivity index (χ4v) is 2.66. The van der Waals surface area contributed by atoms with E-state index in [1.165, 1.54) is 30.4 Å². The minimum absolute atomic E-state index is 0.462. The van der Waals surface area contributed by atoms with Gasteiger partial charge < -0.3 is 15.6 Å². The van der Waals surface area contributed by atoms with Gasteiger partial charge >= 0.3 is 0 Å². The molecule has 0 radical (unpaired) electrons. The summed E-state index contributed by atoms with van der Waals surface area (Å²) in [7, 11) is 2.01. The molecule has 2 aromatic rings. The number of rotatable bonds is 3. The minimum atomic E-state index is 0.462. The number of anilines is 1. The van der Waals surface area contributed by atoms with E-state index < -0.39 is 0 Å². The van der Waals surface area contributed by atoms with E-state index in [4.69, 9.17) is 5.73 Å². The zero-order chi connectivity index (χ0) is 13.9. The number of nitrogens with one attached hydrogen (secondary N) is 1. The molecule has 104 valence electrons. The van der Waals surface area contributed by atoms with Gasteiger partial charge in [-0.2, -0.15) is 0 Å². The van der Waals surface area contributed by atoms with E-state index in [2.05, 4.69) is 28.5 Å². The monoisotopic (exact) mass is 268 g/mol. The van der Waals surface area contributed by atoms with Crippen LogP contribution in [0.1, 0.15) is 23.2 Å². The molecule has 0 saturated carbocycles. The summed E-state index contributed by atoms with van der Waals surface area (Å²) in [4.78, 5) is 4.38. The molecule has 4 nitrogen and oxygen atoms in total. The van der Waals surface area contributed by atoms with Gasteiger partial charge in [0.25, 0.3) is 0 Å². The van der Waals surface area contributed by atoms with E-state index in [-0.39, 0.29) is 0 Å². The third kappa shape index (κ3) is 2.69. The number of nitrogens with zero attached hydrogens (tertiary/aromatic N) is 2. The normalized spacial score (nSPS) is 14.3. The predicted octanol–water partition coefficient (Wildman–Crippen LogP) is 2.44. The summed E-state index contributed by atoms with van der Waals surface area (Å²) in [6, 6.07) is 10.5. The third-order valence-corrected chi connectivity index (χ3v) is 3.83. The highest BCUT2D eigenvalue weighted by atomic mass is 15.1. The number of guanidine groups is 1. The van der Waals surface area contributed by atoms with Gasteiger partial charge in [-0.25, -0.2) is 4.99 Å². The van der Waals surface area contributed by atoms with Crippen molar-refractivity contribution < 1.29 is 0 Å². The van der Waals surface area contributed by atoms with Crippen LogP contribution >= 0.6 is 0 Å². The van der Waals surface area contributed by atoms with E-state index in [1.54, 1.807) is 0 Å². The number of fused-ring (bicyclic) bond motifs is 1. The van der Waals surface area contributed by atoms with Crippen molar-refractivity contribution in [3.05, 3.63) is 53.3 Å². The van der Waals surface area contributed by atoms with Crippen LogP contribution in [0.5, 0.6) is 0 Å². The molecule has 0 fully saturated rings. The largest absolute Gasteiger partial charge is 0.370 e. The van der Waals surface area contributed by atoms with Crippen LogP contribution in [0.15, 0.2) is 41.5 Å². The molecule has 1 aromatic heterocycles. The smallest absolute Gasteiger partial charge is 0.193 e. The topological polar surface area (TPSA) is 55.3 Å². The molecule has 1 aromatic carbocycles. The molecule has 3 N–H and O–H groups in total. The van der Waals surface area contributed by atoms with E-state index in [0.29, 0.717) is 12.5 Å². The Kier molecular flexibility index (Phi) is 3.46. The molecule has 0 atom stereocenters. The second-order valence-corrected chi connectivity index (χ2v) is 5.27. The number of hydrogen-bond acceptors (Lipinski definition) is 1. The molecule has 4 heteroatoms. The number of aliphatic imine (C=N–C) groups is 1. The standard InChI is InChI=1S/C16H20N4/c1-20-9-3-6-15(20)11-18-16(17)19-14-8-7-12-4-2-5-13(12)10-14/h3,6-10H,2,4-5,11H2,1H3,(H3,17,18,19). The first-order chi connectivity index (χ1) is 9.72. The molecule has 0 bridgehead atoms. The summed E-state index contributed by atoms with van der Waals surface area (Å²) in [6.07, 6.45) is 5.64. The Morgan fingerprint density at radius 1 is 1.30 bits per heavy atom. The average Bonchev–Trinajstić information content (AvgIpc) is 3.04. The van der Waals surface area contributed by atoms with Crippen LogP contribution in [0.2, 0.25) is 0 Å². The Labute approximate surface area is 119 Å². The highest BCUT2D eigenvalue weighted by Crippen LogP contribution is 2.24. The summed E-state index contributed by atoms with van der Waals surface area (Å²) < 4.78 is 2.05. The Balaban J connectivity index is 1.66. The van der Waals surface area contributed by atoms with Crippen molar-refractivity contribution in [2.24, 2.45) is 17.8 Å². The average molecular weight is 268 g/mol. The molecule has 0 aliphatic heterocycles. The molecule has 0 spiro atoms. The number of benzene rings is 1. The Bertz CT molecular complexity index is 640. The van der Waals surface area contributed by atoms with Crippen molar-refractivity contribution in [2.75, 3.05) is 5.32 Å². The molecule has 0 amide bonds. The molecule has 3 rings (SSSR count).